The molecule has 47 heavy (non-hydrogen) atoms. The third-order valence-electron chi connectivity index (χ3n) is 8.63. The molecule has 0 atom stereocenters. The Bertz CT molecular complexity index is 1720. The van der Waals surface area contributed by atoms with E-state index in [1.807, 2.05) is 0 Å². The van der Waals surface area contributed by atoms with Gasteiger partial charge in [-0.15, -0.1) is 0 Å². The van der Waals surface area contributed by atoms with Crippen LogP contribution in [0.3, 0.4) is 0 Å². The molecule has 2 N–H and O–H groups in total. The maximum Gasteiger partial charge on any atom is 0.145 e. The molecule has 0 saturated carbocycles. The second-order valence-corrected chi connectivity index (χ2v) is 12.0. The molecule has 3 aromatic heterocycles. The van der Waals surface area contributed by atoms with Crippen LogP contribution < -0.4 is 4.74 Å². The van der Waals surface area contributed by atoms with Gasteiger partial charge in [-0.05, 0) is 90.8 Å². The van der Waals surface area contributed by atoms with Crippen LogP contribution in [0.15, 0.2) is 30.3 Å². The van der Waals surface area contributed by atoms with Gasteiger partial charge in [0.25, 0.3) is 0 Å². The molecule has 0 spiro atoms. The fourth-order valence-corrected chi connectivity index (χ4v) is 5.98. The zero-order valence-electron chi connectivity index (χ0n) is 28.7. The van der Waals surface area contributed by atoms with Crippen LogP contribution >= 0.6 is 0 Å². The molecule has 5 rings (SSSR count). The second-order valence-electron chi connectivity index (χ2n) is 12.0. The topological polar surface area (TPSA) is 104 Å². The van der Waals surface area contributed by atoms with E-state index in [0.717, 1.165) is 111 Å². The summed E-state index contributed by atoms with van der Waals surface area (Å²) in [4.78, 5) is 17.6. The fourth-order valence-electron chi connectivity index (χ4n) is 5.98. The van der Waals surface area contributed by atoms with Gasteiger partial charge in [0.1, 0.15) is 5.75 Å². The third kappa shape index (κ3) is 8.78. The number of methoxy groups -OCH3 is 4. The molecule has 0 saturated heterocycles. The van der Waals surface area contributed by atoms with E-state index in [4.69, 9.17) is 33.7 Å². The van der Waals surface area contributed by atoms with Crippen LogP contribution in [-0.2, 0) is 31.8 Å². The minimum atomic E-state index is 0.595. The largest absolute Gasteiger partial charge is 0.491 e. The maximum absolute atomic E-state index is 6.64. The van der Waals surface area contributed by atoms with Crippen molar-refractivity contribution >= 4 is 45.4 Å². The smallest absolute Gasteiger partial charge is 0.145 e. The molecule has 0 aromatic carbocycles. The number of H-pyrrole nitrogens is 2. The quantitative estimate of drug-likeness (QED) is 0.136. The summed E-state index contributed by atoms with van der Waals surface area (Å²) in [5.41, 5.74) is 12.0. The molecule has 0 unspecified atom stereocenters. The Balaban J connectivity index is 1.81. The lowest BCUT2D eigenvalue weighted by Gasteiger charge is -2.08. The molecular weight excluding hydrogens is 592 g/mol. The van der Waals surface area contributed by atoms with Gasteiger partial charge in [0.05, 0.1) is 72.4 Å². The average molecular weight is 643 g/mol. The number of aromatic nitrogens is 4. The van der Waals surface area contributed by atoms with Crippen LogP contribution in [0.2, 0.25) is 0 Å². The Morgan fingerprint density at radius 2 is 1.13 bits per heavy atom. The number of nitrogens with zero attached hydrogens (tertiary/aromatic N) is 2. The summed E-state index contributed by atoms with van der Waals surface area (Å²) in [6.07, 6.45) is 11.8. The molecule has 8 bridgehead atoms. The Morgan fingerprint density at radius 3 is 1.72 bits per heavy atom. The predicted octanol–water partition coefficient (Wildman–Crippen LogP) is 7.81. The number of hydrogen-bond donors (Lipinski definition) is 2. The highest BCUT2D eigenvalue weighted by Gasteiger charge is 2.17. The first kappa shape index (κ1) is 34.6. The molecule has 5 heterocycles. The van der Waals surface area contributed by atoms with E-state index in [1.54, 1.807) is 28.4 Å². The molecule has 0 amide bonds. The molecule has 9 nitrogen and oxygen atoms in total. The summed E-state index contributed by atoms with van der Waals surface area (Å²) in [7, 11) is 6.93. The van der Waals surface area contributed by atoms with Gasteiger partial charge >= 0.3 is 0 Å². The highest BCUT2D eigenvalue weighted by atomic mass is 16.5. The van der Waals surface area contributed by atoms with E-state index >= 15 is 0 Å². The zero-order chi connectivity index (χ0) is 33.0. The summed E-state index contributed by atoms with van der Waals surface area (Å²) >= 11 is 0. The number of hydrogen-bond acceptors (Lipinski definition) is 7. The first-order chi connectivity index (χ1) is 23.1. The highest BCUT2D eigenvalue weighted by Crippen LogP contribution is 2.33. The van der Waals surface area contributed by atoms with Crippen LogP contribution in [0.4, 0.5) is 0 Å². The standard InChI is InChI=1S/C38H50N4O5/c1-6-7-8-9-16-47-37-25-32-28(14-19-45-4)23-34(41-32)33-21-26(12-17-43-2)30(39-33)10-11-31-27(13-18-44-3)22-35(40-31)36-24-29(15-20-46-5)38(37)42-36/h10-11,21-25,41-42H,6-9,12-20H2,1-5H3. The molecular formula is C38H50N4O5. The van der Waals surface area contributed by atoms with Crippen LogP contribution in [0.1, 0.15) is 79.4 Å². The summed E-state index contributed by atoms with van der Waals surface area (Å²) in [5, 5.41) is 0. The maximum atomic E-state index is 6.64. The highest BCUT2D eigenvalue weighted by molar-refractivity contribution is 5.91. The minimum Gasteiger partial charge on any atom is -0.491 e. The fraction of sp³-hybridized carbons (Fsp3) is 0.474. The Labute approximate surface area is 278 Å². The van der Waals surface area contributed by atoms with Crippen molar-refractivity contribution in [3.63, 3.8) is 0 Å². The number of nitrogens with one attached hydrogen (secondary N) is 2. The van der Waals surface area contributed by atoms with E-state index in [2.05, 4.69) is 59.4 Å². The molecule has 252 valence electrons. The van der Waals surface area contributed by atoms with Crippen LogP contribution in [-0.4, -0.2) is 81.4 Å². The van der Waals surface area contributed by atoms with Crippen molar-refractivity contribution in [1.29, 1.82) is 0 Å². The van der Waals surface area contributed by atoms with Crippen molar-refractivity contribution in [2.75, 3.05) is 61.5 Å². The van der Waals surface area contributed by atoms with Crippen molar-refractivity contribution in [1.82, 2.24) is 19.9 Å². The first-order valence-corrected chi connectivity index (χ1v) is 16.8. The minimum absolute atomic E-state index is 0.595. The van der Waals surface area contributed by atoms with E-state index in [9.17, 15) is 0 Å². The molecule has 9 heteroatoms. The summed E-state index contributed by atoms with van der Waals surface area (Å²) < 4.78 is 28.6. The Morgan fingerprint density at radius 1 is 0.574 bits per heavy atom. The summed E-state index contributed by atoms with van der Waals surface area (Å²) in [6, 6.07) is 10.7. The summed E-state index contributed by atoms with van der Waals surface area (Å²) in [5.74, 6) is 0.793. The lowest BCUT2D eigenvalue weighted by atomic mass is 10.1. The Kier molecular flexibility index (Phi) is 12.8. The molecule has 0 radical (unpaired) electrons. The van der Waals surface area contributed by atoms with Crippen molar-refractivity contribution < 1.29 is 23.7 Å². The number of ether oxygens (including phenoxy) is 5. The Hall–Kier alpha value is -3.76. The first-order valence-electron chi connectivity index (χ1n) is 16.8. The molecule has 0 fully saturated rings. The number of fused-ring (bicyclic) bond motifs is 10. The SMILES string of the molecule is CCCCCCOc1cc2[nH]c(cc2CCOC)c2nc(ccc3nc(c4cc(CCOC)c1[nH]4)C=C3CCOC)C(CCOC)=C2. The van der Waals surface area contributed by atoms with Gasteiger partial charge in [-0.2, -0.15) is 0 Å². The van der Waals surface area contributed by atoms with E-state index in [-0.39, 0.29) is 0 Å². The van der Waals surface area contributed by atoms with Gasteiger partial charge in [-0.3, -0.25) is 0 Å². The average Bonchev–Trinajstić information content (AvgIpc) is 3.87. The lowest BCUT2D eigenvalue weighted by molar-refractivity contribution is 0.202. The van der Waals surface area contributed by atoms with Crippen molar-refractivity contribution in [2.24, 2.45) is 0 Å². The van der Waals surface area contributed by atoms with E-state index in [0.29, 0.717) is 33.0 Å². The summed E-state index contributed by atoms with van der Waals surface area (Å²) in [6.45, 7) is 5.28. The number of unbranched alkanes of at least 4 members (excludes halogenated alkanes) is 3. The normalized spacial score (nSPS) is 12.8. The van der Waals surface area contributed by atoms with Gasteiger partial charge in [-0.25, -0.2) is 9.97 Å². The van der Waals surface area contributed by atoms with Crippen molar-refractivity contribution in [3.05, 3.63) is 64.2 Å². The zero-order valence-corrected chi connectivity index (χ0v) is 28.7. The van der Waals surface area contributed by atoms with E-state index < -0.39 is 0 Å². The van der Waals surface area contributed by atoms with Gasteiger partial charge in [0.15, 0.2) is 0 Å². The number of rotatable bonds is 18. The van der Waals surface area contributed by atoms with Crippen LogP contribution in [0, 0.1) is 0 Å². The van der Waals surface area contributed by atoms with Crippen LogP contribution in [0.25, 0.3) is 45.4 Å². The molecule has 3 aromatic rings. The third-order valence-corrected chi connectivity index (χ3v) is 8.63. The predicted molar refractivity (Wildman–Crippen MR) is 191 cm³/mol. The van der Waals surface area contributed by atoms with Gasteiger partial charge in [0, 0.05) is 40.0 Å². The van der Waals surface area contributed by atoms with Crippen molar-refractivity contribution in [2.45, 2.75) is 58.3 Å². The molecule has 0 aliphatic carbocycles. The second kappa shape index (κ2) is 17.4. The van der Waals surface area contributed by atoms with Crippen molar-refractivity contribution in [3.8, 4) is 5.75 Å². The molecule has 2 aliphatic rings. The monoisotopic (exact) mass is 642 g/mol. The van der Waals surface area contributed by atoms with Gasteiger partial charge < -0.3 is 33.7 Å². The van der Waals surface area contributed by atoms with Gasteiger partial charge in [0.2, 0.25) is 0 Å². The van der Waals surface area contributed by atoms with E-state index in [1.165, 1.54) is 12.8 Å². The lowest BCUT2D eigenvalue weighted by Crippen LogP contribution is -1.99. The van der Waals surface area contributed by atoms with Crippen LogP contribution in [0.5, 0.6) is 5.75 Å². The number of aromatic amines is 2. The molecule has 2 aliphatic heterocycles. The van der Waals surface area contributed by atoms with Gasteiger partial charge in [-0.1, -0.05) is 26.2 Å².